The van der Waals surface area contributed by atoms with Gasteiger partial charge in [0.2, 0.25) is 0 Å². The Morgan fingerprint density at radius 3 is 2.71 bits per heavy atom. The maximum absolute atomic E-state index is 6.06. The molecule has 24 heavy (non-hydrogen) atoms. The summed E-state index contributed by atoms with van der Waals surface area (Å²) in [6.45, 7) is 4.96. The number of allylic oxidation sites excluding steroid dienone is 6. The van der Waals surface area contributed by atoms with Crippen molar-refractivity contribution in [2.45, 2.75) is 32.9 Å². The molecule has 1 N–H and O–H groups in total. The highest BCUT2D eigenvalue weighted by molar-refractivity contribution is 6.29. The molecule has 124 valence electrons. The van der Waals surface area contributed by atoms with Crippen LogP contribution in [0.25, 0.3) is 5.57 Å². The Morgan fingerprint density at radius 1 is 1.12 bits per heavy atom. The van der Waals surface area contributed by atoms with E-state index in [1.807, 2.05) is 24.3 Å². The zero-order valence-corrected chi connectivity index (χ0v) is 14.8. The monoisotopic (exact) mass is 339 g/mol. The van der Waals surface area contributed by atoms with E-state index in [0.717, 1.165) is 28.5 Å². The lowest BCUT2D eigenvalue weighted by molar-refractivity contribution is 0.454. The van der Waals surface area contributed by atoms with E-state index >= 15 is 0 Å². The first-order valence-corrected chi connectivity index (χ1v) is 8.61. The highest BCUT2D eigenvalue weighted by Gasteiger charge is 2.09. The third-order valence-corrected chi connectivity index (χ3v) is 4.44. The quantitative estimate of drug-likeness (QED) is 0.733. The van der Waals surface area contributed by atoms with Crippen LogP contribution in [-0.4, -0.2) is 0 Å². The highest BCUT2D eigenvalue weighted by atomic mass is 35.5. The molecule has 1 atom stereocenters. The molecule has 3 rings (SSSR count). The average molecular weight is 340 g/mol. The molecule has 0 aliphatic heterocycles. The fraction of sp³-hybridized carbons (Fsp3) is 0.238. The second kappa shape index (κ2) is 7.69. The number of benzene rings is 1. The Kier molecular flexibility index (Phi) is 5.39. The van der Waals surface area contributed by atoms with Gasteiger partial charge >= 0.3 is 0 Å². The van der Waals surface area contributed by atoms with Crippen LogP contribution in [0.5, 0.6) is 0 Å². The first-order valence-electron chi connectivity index (χ1n) is 8.24. The molecule has 0 saturated heterocycles. The summed E-state index contributed by atoms with van der Waals surface area (Å²) >= 11 is 6.06. The summed E-state index contributed by atoms with van der Waals surface area (Å²) in [4.78, 5) is 0. The molecule has 3 heteroatoms. The molecule has 2 nitrogen and oxygen atoms in total. The van der Waals surface area contributed by atoms with Crippen LogP contribution in [0.4, 0.5) is 0 Å². The molecule has 1 aromatic carbocycles. The van der Waals surface area contributed by atoms with Crippen LogP contribution in [0.1, 0.15) is 42.0 Å². The van der Waals surface area contributed by atoms with Crippen molar-refractivity contribution in [3.8, 4) is 0 Å². The van der Waals surface area contributed by atoms with Gasteiger partial charge in [-0.2, -0.15) is 0 Å². The summed E-state index contributed by atoms with van der Waals surface area (Å²) in [6, 6.07) is 12.9. The maximum atomic E-state index is 6.06. The zero-order valence-electron chi connectivity index (χ0n) is 14.1. The highest BCUT2D eigenvalue weighted by Crippen LogP contribution is 2.24. The largest absolute Gasteiger partial charge is 0.460 e. The van der Waals surface area contributed by atoms with Gasteiger partial charge in [0.05, 0.1) is 6.54 Å². The molecule has 0 radical (unpaired) electrons. The van der Waals surface area contributed by atoms with Gasteiger partial charge in [-0.15, -0.1) is 0 Å². The van der Waals surface area contributed by atoms with Crippen molar-refractivity contribution in [1.82, 2.24) is 5.32 Å². The summed E-state index contributed by atoms with van der Waals surface area (Å²) in [6.07, 6.45) is 8.80. The van der Waals surface area contributed by atoms with Crippen molar-refractivity contribution < 1.29 is 4.42 Å². The van der Waals surface area contributed by atoms with Crippen LogP contribution in [0.2, 0.25) is 0 Å². The third-order valence-electron chi connectivity index (χ3n) is 4.16. The van der Waals surface area contributed by atoms with E-state index in [1.54, 1.807) is 0 Å². The molecular weight excluding hydrogens is 318 g/mol. The van der Waals surface area contributed by atoms with Gasteiger partial charge in [-0.3, -0.25) is 0 Å². The Labute approximate surface area is 148 Å². The van der Waals surface area contributed by atoms with Crippen molar-refractivity contribution >= 4 is 17.2 Å². The van der Waals surface area contributed by atoms with Gasteiger partial charge in [0.25, 0.3) is 0 Å². The van der Waals surface area contributed by atoms with Gasteiger partial charge in [0.1, 0.15) is 11.5 Å². The third kappa shape index (κ3) is 4.28. The minimum Gasteiger partial charge on any atom is -0.460 e. The van der Waals surface area contributed by atoms with Gasteiger partial charge in [0.15, 0.2) is 0 Å². The van der Waals surface area contributed by atoms with Crippen molar-refractivity contribution in [1.29, 1.82) is 0 Å². The van der Waals surface area contributed by atoms with E-state index in [4.69, 9.17) is 16.0 Å². The summed E-state index contributed by atoms with van der Waals surface area (Å²) in [5.41, 5.74) is 3.60. The molecule has 0 amide bonds. The van der Waals surface area contributed by atoms with Crippen molar-refractivity contribution in [2.24, 2.45) is 0 Å². The fourth-order valence-corrected chi connectivity index (χ4v) is 2.77. The van der Waals surface area contributed by atoms with E-state index in [9.17, 15) is 0 Å². The van der Waals surface area contributed by atoms with E-state index in [2.05, 4.69) is 55.6 Å². The molecule has 1 heterocycles. The predicted molar refractivity (Wildman–Crippen MR) is 101 cm³/mol. The van der Waals surface area contributed by atoms with Crippen LogP contribution in [-0.2, 0) is 6.54 Å². The number of furan rings is 1. The second-order valence-electron chi connectivity index (χ2n) is 6.12. The van der Waals surface area contributed by atoms with E-state index in [-0.39, 0.29) is 6.04 Å². The molecule has 0 spiro atoms. The van der Waals surface area contributed by atoms with Gasteiger partial charge in [-0.1, -0.05) is 59.7 Å². The fourth-order valence-electron chi connectivity index (χ4n) is 2.62. The number of aryl methyl sites for hydroxylation is 1. The first kappa shape index (κ1) is 16.8. The Balaban J connectivity index is 1.63. The van der Waals surface area contributed by atoms with Crippen molar-refractivity contribution in [2.75, 3.05) is 0 Å². The lowest BCUT2D eigenvalue weighted by Crippen LogP contribution is -2.17. The molecular formula is C21H22ClNO. The Morgan fingerprint density at radius 2 is 1.92 bits per heavy atom. The molecule has 2 aromatic rings. The first-order chi connectivity index (χ1) is 11.6. The van der Waals surface area contributed by atoms with Gasteiger partial charge in [-0.25, -0.2) is 0 Å². The zero-order chi connectivity index (χ0) is 16.9. The summed E-state index contributed by atoms with van der Waals surface area (Å²) in [5.74, 6) is 1.80. The summed E-state index contributed by atoms with van der Waals surface area (Å²) in [5, 5.41) is 4.34. The SMILES string of the molecule is Cc1ccc(C(C)NCc2ccc(C3=CC=C(Cl)CC=C3)o2)cc1. The lowest BCUT2D eigenvalue weighted by atomic mass is 10.1. The molecule has 0 saturated carbocycles. The van der Waals surface area contributed by atoms with Crippen molar-refractivity contribution in [3.05, 3.63) is 88.4 Å². The predicted octanol–water partition coefficient (Wildman–Crippen LogP) is 5.90. The van der Waals surface area contributed by atoms with Crippen LogP contribution in [0.3, 0.4) is 0 Å². The van der Waals surface area contributed by atoms with Gasteiger partial charge in [0, 0.05) is 23.1 Å². The van der Waals surface area contributed by atoms with Crippen molar-refractivity contribution in [3.63, 3.8) is 0 Å². The summed E-state index contributed by atoms with van der Waals surface area (Å²) in [7, 11) is 0. The molecule has 1 aliphatic carbocycles. The van der Waals surface area contributed by atoms with Crippen LogP contribution in [0, 0.1) is 6.92 Å². The van der Waals surface area contributed by atoms with E-state index < -0.39 is 0 Å². The smallest absolute Gasteiger partial charge is 0.134 e. The molecule has 0 fully saturated rings. The molecule has 0 bridgehead atoms. The minimum atomic E-state index is 0.276. The lowest BCUT2D eigenvalue weighted by Gasteiger charge is -2.13. The number of halogens is 1. The second-order valence-corrected chi connectivity index (χ2v) is 6.61. The molecule has 1 unspecified atom stereocenters. The van der Waals surface area contributed by atoms with Gasteiger partial charge in [-0.05, 0) is 37.6 Å². The van der Waals surface area contributed by atoms with Gasteiger partial charge < -0.3 is 9.73 Å². The number of rotatable bonds is 5. The average Bonchev–Trinajstić information content (AvgIpc) is 2.95. The van der Waals surface area contributed by atoms with Crippen LogP contribution < -0.4 is 5.32 Å². The molecule has 1 aromatic heterocycles. The number of nitrogens with one attached hydrogen (secondary N) is 1. The minimum absolute atomic E-state index is 0.276. The number of hydrogen-bond donors (Lipinski definition) is 1. The standard InChI is InChI=1S/C21H22ClNO/c1-15-6-8-17(9-7-15)16(2)23-14-20-12-13-21(24-20)18-4-3-5-19(22)11-10-18/h3-4,6-13,16,23H,5,14H2,1-2H3. The molecule has 1 aliphatic rings. The summed E-state index contributed by atoms with van der Waals surface area (Å²) < 4.78 is 5.96. The number of hydrogen-bond acceptors (Lipinski definition) is 2. The van der Waals surface area contributed by atoms with Crippen LogP contribution >= 0.6 is 11.6 Å². The van der Waals surface area contributed by atoms with E-state index in [0.29, 0.717) is 6.54 Å². The van der Waals surface area contributed by atoms with Crippen LogP contribution in [0.15, 0.2) is 70.2 Å². The topological polar surface area (TPSA) is 25.2 Å². The Hall–Kier alpha value is -2.03. The maximum Gasteiger partial charge on any atom is 0.134 e. The van der Waals surface area contributed by atoms with E-state index in [1.165, 1.54) is 11.1 Å². The normalized spacial score (nSPS) is 15.6. The Bertz CT molecular complexity index is 780.